The lowest BCUT2D eigenvalue weighted by atomic mass is 10.2. The first-order valence-electron chi connectivity index (χ1n) is 8.72. The lowest BCUT2D eigenvalue weighted by Gasteiger charge is -2.19. The molecule has 148 valence electrons. The molecule has 3 heterocycles. The number of rotatable bonds is 7. The van der Waals surface area contributed by atoms with Crippen LogP contribution < -0.4 is 11.2 Å². The van der Waals surface area contributed by atoms with E-state index in [9.17, 15) is 4.89 Å². The van der Waals surface area contributed by atoms with Gasteiger partial charge in [-0.3, -0.25) is 10.1 Å². The van der Waals surface area contributed by atoms with E-state index in [0.717, 1.165) is 5.56 Å². The first kappa shape index (κ1) is 19.1. The average Bonchev–Trinajstić information content (AvgIpc) is 3.27. The zero-order valence-electron chi connectivity index (χ0n) is 15.0. The molecule has 0 bridgehead atoms. The number of imidazole rings is 1. The van der Waals surface area contributed by atoms with Crippen molar-refractivity contribution < 1.29 is 18.9 Å². The molecule has 1 saturated heterocycles. The maximum Gasteiger partial charge on any atom is 0.250 e. The van der Waals surface area contributed by atoms with E-state index >= 15 is 0 Å². The molecule has 0 spiro atoms. The number of hydrogen-bond donors (Lipinski definition) is 3. The molecular formula is C17H21N6O4P. The number of anilines is 1. The predicted molar refractivity (Wildman–Crippen MR) is 103 cm³/mol. The number of ether oxygens (including phenoxy) is 2. The van der Waals surface area contributed by atoms with Gasteiger partial charge < -0.3 is 24.6 Å². The minimum Gasteiger partial charge on any atom is -0.382 e. The molecule has 1 aliphatic heterocycles. The van der Waals surface area contributed by atoms with E-state index in [1.54, 1.807) is 10.9 Å². The second kappa shape index (κ2) is 8.44. The zero-order chi connectivity index (χ0) is 19.5. The maximum atomic E-state index is 9.53. The van der Waals surface area contributed by atoms with Crippen LogP contribution in [0.3, 0.4) is 0 Å². The van der Waals surface area contributed by atoms with Gasteiger partial charge in [0.2, 0.25) is 8.53 Å². The molecule has 4 rings (SSSR count). The first-order valence-corrected chi connectivity index (χ1v) is 10.0. The Bertz CT molecular complexity index is 924. The van der Waals surface area contributed by atoms with Crippen molar-refractivity contribution in [1.82, 2.24) is 19.5 Å². The third-order valence-corrected chi connectivity index (χ3v) is 5.00. The van der Waals surface area contributed by atoms with Crippen LogP contribution in [0.5, 0.6) is 0 Å². The molecule has 10 nitrogen and oxygen atoms in total. The maximum absolute atomic E-state index is 9.53. The van der Waals surface area contributed by atoms with E-state index in [2.05, 4.69) is 15.0 Å². The Hall–Kier alpha value is -2.20. The van der Waals surface area contributed by atoms with Crippen LogP contribution in [-0.2, 0) is 20.6 Å². The summed E-state index contributed by atoms with van der Waals surface area (Å²) >= 11 is 0. The molecule has 0 saturated carbocycles. The smallest absolute Gasteiger partial charge is 0.250 e. The van der Waals surface area contributed by atoms with E-state index in [-0.39, 0.29) is 0 Å². The molecule has 2 aromatic heterocycles. The molecule has 0 aliphatic carbocycles. The Labute approximate surface area is 162 Å². The minimum atomic E-state index is -2.02. The van der Waals surface area contributed by atoms with Gasteiger partial charge in [0, 0.05) is 6.42 Å². The van der Waals surface area contributed by atoms with Crippen molar-refractivity contribution in [1.29, 1.82) is 0 Å². The normalized spacial score (nSPS) is 23.3. The highest BCUT2D eigenvalue weighted by Crippen LogP contribution is 2.38. The summed E-state index contributed by atoms with van der Waals surface area (Å²) in [5, 5.41) is 0. The lowest BCUT2D eigenvalue weighted by molar-refractivity contribution is -0.0609. The van der Waals surface area contributed by atoms with Crippen LogP contribution in [0.1, 0.15) is 18.2 Å². The van der Waals surface area contributed by atoms with Gasteiger partial charge in [-0.05, 0) is 5.56 Å². The van der Waals surface area contributed by atoms with Crippen molar-refractivity contribution in [3.63, 3.8) is 0 Å². The van der Waals surface area contributed by atoms with E-state index < -0.39 is 27.0 Å². The van der Waals surface area contributed by atoms with E-state index in [1.165, 1.54) is 6.33 Å². The fourth-order valence-electron chi connectivity index (χ4n) is 3.22. The zero-order valence-corrected chi connectivity index (χ0v) is 15.9. The minimum absolute atomic E-state index is 0.295. The van der Waals surface area contributed by atoms with E-state index in [1.807, 2.05) is 30.3 Å². The lowest BCUT2D eigenvalue weighted by Crippen LogP contribution is -2.28. The molecule has 0 amide bonds. The summed E-state index contributed by atoms with van der Waals surface area (Å²) in [6.45, 7) is 0.745. The number of nitrogens with zero attached hydrogens (tertiary/aromatic N) is 4. The number of nitrogens with two attached hydrogens (primary N) is 2. The monoisotopic (exact) mass is 404 g/mol. The van der Waals surface area contributed by atoms with Gasteiger partial charge >= 0.3 is 0 Å². The second-order valence-corrected chi connectivity index (χ2v) is 7.21. The van der Waals surface area contributed by atoms with E-state index in [0.29, 0.717) is 36.6 Å². The molecule has 0 radical (unpaired) electrons. The highest BCUT2D eigenvalue weighted by Gasteiger charge is 2.39. The Morgan fingerprint density at radius 3 is 2.86 bits per heavy atom. The number of benzene rings is 1. The summed E-state index contributed by atoms with van der Waals surface area (Å²) in [5.74, 6) is 0.304. The molecule has 3 aromatic rings. The Kier molecular flexibility index (Phi) is 5.77. The van der Waals surface area contributed by atoms with Crippen molar-refractivity contribution in [2.45, 2.75) is 31.5 Å². The van der Waals surface area contributed by atoms with Crippen LogP contribution in [0.15, 0.2) is 43.0 Å². The van der Waals surface area contributed by atoms with Gasteiger partial charge in [0.1, 0.15) is 24.2 Å². The summed E-state index contributed by atoms with van der Waals surface area (Å²) in [4.78, 5) is 22.0. The van der Waals surface area contributed by atoms with Gasteiger partial charge in [-0.2, -0.15) is 0 Å². The third kappa shape index (κ3) is 4.12. The summed E-state index contributed by atoms with van der Waals surface area (Å²) in [6, 6.07) is 9.84. The van der Waals surface area contributed by atoms with Gasteiger partial charge in [0.25, 0.3) is 0 Å². The van der Waals surface area contributed by atoms with Crippen molar-refractivity contribution >= 4 is 25.5 Å². The van der Waals surface area contributed by atoms with Crippen LogP contribution in [0.25, 0.3) is 11.2 Å². The number of aromatic nitrogens is 4. The highest BCUT2D eigenvalue weighted by atomic mass is 31.2. The molecule has 28 heavy (non-hydrogen) atoms. The molecular weight excluding hydrogens is 383 g/mol. The molecule has 1 unspecified atom stereocenters. The summed E-state index contributed by atoms with van der Waals surface area (Å²) in [5.41, 5.74) is 13.5. The number of nitrogen functional groups attached to an aromatic ring is 1. The van der Waals surface area contributed by atoms with Crippen molar-refractivity contribution in [3.05, 3.63) is 48.5 Å². The highest BCUT2D eigenvalue weighted by molar-refractivity contribution is 7.43. The molecule has 5 N–H and O–H groups in total. The molecule has 1 aromatic carbocycles. The summed E-state index contributed by atoms with van der Waals surface area (Å²) in [7, 11) is -2.02. The van der Waals surface area contributed by atoms with Crippen molar-refractivity contribution in [3.8, 4) is 0 Å². The average molecular weight is 404 g/mol. The SMILES string of the molecule is Nc1ncnc2c1ncn2[C@H]1C[C@H](OP(N)O)[C@@H](COCc2ccccc2)O1. The standard InChI is InChI=1S/C17H21N6O4P/c18-16-15-17(21-9-20-16)23(10-22-15)14-6-12(27-28(19)24)13(26-14)8-25-7-11-4-2-1-3-5-11/h1-5,9-10,12-14,24H,6-8,19H2,(H2,18,20,21)/t12-,13+,14+,28?/m0/s1. The van der Waals surface area contributed by atoms with Crippen LogP contribution in [-0.4, -0.2) is 43.2 Å². The Morgan fingerprint density at radius 1 is 1.25 bits per heavy atom. The van der Waals surface area contributed by atoms with Crippen LogP contribution in [0.4, 0.5) is 5.82 Å². The largest absolute Gasteiger partial charge is 0.382 e. The third-order valence-electron chi connectivity index (χ3n) is 4.51. The first-order chi connectivity index (χ1) is 13.6. The Balaban J connectivity index is 1.47. The molecule has 11 heteroatoms. The Morgan fingerprint density at radius 2 is 2.07 bits per heavy atom. The summed E-state index contributed by atoms with van der Waals surface area (Å²) < 4.78 is 19.2. The van der Waals surface area contributed by atoms with E-state index in [4.69, 9.17) is 25.2 Å². The van der Waals surface area contributed by atoms with Crippen molar-refractivity contribution in [2.75, 3.05) is 12.3 Å². The number of fused-ring (bicyclic) bond motifs is 1. The fraction of sp³-hybridized carbons (Fsp3) is 0.353. The van der Waals surface area contributed by atoms with Gasteiger partial charge in [-0.25, -0.2) is 15.0 Å². The van der Waals surface area contributed by atoms with Gasteiger partial charge in [-0.1, -0.05) is 30.3 Å². The van der Waals surface area contributed by atoms with Crippen LogP contribution >= 0.6 is 8.53 Å². The molecule has 1 fully saturated rings. The van der Waals surface area contributed by atoms with Gasteiger partial charge in [-0.15, -0.1) is 0 Å². The second-order valence-electron chi connectivity index (χ2n) is 6.39. The quantitative estimate of drug-likeness (QED) is 0.499. The summed E-state index contributed by atoms with van der Waals surface area (Å²) in [6.07, 6.45) is 2.24. The van der Waals surface area contributed by atoms with Gasteiger partial charge in [0.05, 0.1) is 25.6 Å². The van der Waals surface area contributed by atoms with Crippen molar-refractivity contribution in [2.24, 2.45) is 5.50 Å². The fourth-order valence-corrected chi connectivity index (χ4v) is 3.72. The van der Waals surface area contributed by atoms with Crippen LogP contribution in [0, 0.1) is 0 Å². The predicted octanol–water partition coefficient (Wildman–Crippen LogP) is 1.48. The van der Waals surface area contributed by atoms with Crippen LogP contribution in [0.2, 0.25) is 0 Å². The molecule has 4 atom stereocenters. The topological polar surface area (TPSA) is 144 Å². The van der Waals surface area contributed by atoms with Gasteiger partial charge in [0.15, 0.2) is 11.5 Å². The molecule has 1 aliphatic rings. The number of hydrogen-bond acceptors (Lipinski definition) is 9.